The van der Waals surface area contributed by atoms with Crippen molar-refractivity contribution >= 4 is 17.7 Å². The van der Waals surface area contributed by atoms with Gasteiger partial charge in [0.25, 0.3) is 11.8 Å². The Labute approximate surface area is 209 Å². The summed E-state index contributed by atoms with van der Waals surface area (Å²) in [5, 5.41) is 17.7. The molecule has 186 valence electrons. The molecule has 3 aromatic carbocycles. The fourth-order valence-corrected chi connectivity index (χ4v) is 3.83. The molecule has 1 aliphatic heterocycles. The molecule has 0 aromatic heterocycles. The Morgan fingerprint density at radius 1 is 0.750 bits per heavy atom. The highest BCUT2D eigenvalue weighted by Gasteiger charge is 2.50. The number of hydrogen-bond acceptors (Lipinski definition) is 5. The fraction of sp³-hybridized carbons (Fsp3) is 0.250. The third-order valence-electron chi connectivity index (χ3n) is 5.88. The van der Waals surface area contributed by atoms with Crippen molar-refractivity contribution < 1.29 is 24.2 Å². The molecular formula is C28H29N3O5. The van der Waals surface area contributed by atoms with Gasteiger partial charge in [-0.2, -0.15) is 0 Å². The van der Waals surface area contributed by atoms with Gasteiger partial charge < -0.3 is 25.8 Å². The van der Waals surface area contributed by atoms with Crippen LogP contribution in [0.3, 0.4) is 0 Å². The van der Waals surface area contributed by atoms with Crippen molar-refractivity contribution in [1.29, 1.82) is 0 Å². The van der Waals surface area contributed by atoms with E-state index in [-0.39, 0.29) is 17.6 Å². The van der Waals surface area contributed by atoms with E-state index in [1.54, 1.807) is 24.3 Å². The van der Waals surface area contributed by atoms with Crippen molar-refractivity contribution in [2.24, 2.45) is 0 Å². The topological polar surface area (TPSA) is 120 Å². The van der Waals surface area contributed by atoms with Crippen LogP contribution in [0.1, 0.15) is 16.7 Å². The van der Waals surface area contributed by atoms with Gasteiger partial charge in [0.1, 0.15) is 11.8 Å². The first-order chi connectivity index (χ1) is 17.5. The largest absolute Gasteiger partial charge is 0.508 e. The SMILES string of the molecule is O=C(NCc1ccccc1)[C@H](Cc1ccccc1)NC(=O)[C@@H]1O[C@@H]1C(=O)NCCc1ccc(O)cc1. The monoisotopic (exact) mass is 487 g/mol. The fourth-order valence-electron chi connectivity index (χ4n) is 3.83. The summed E-state index contributed by atoms with van der Waals surface area (Å²) in [6.45, 7) is 0.711. The number of carbonyl (C=O) groups excluding carboxylic acids is 3. The molecule has 3 amide bonds. The van der Waals surface area contributed by atoms with Gasteiger partial charge in [-0.3, -0.25) is 14.4 Å². The van der Waals surface area contributed by atoms with E-state index >= 15 is 0 Å². The molecule has 4 N–H and O–H groups in total. The number of carbonyl (C=O) groups is 3. The molecule has 8 heteroatoms. The molecule has 0 aliphatic carbocycles. The first-order valence-corrected chi connectivity index (χ1v) is 11.9. The van der Waals surface area contributed by atoms with E-state index in [0.717, 1.165) is 16.7 Å². The number of ether oxygens (including phenoxy) is 1. The van der Waals surface area contributed by atoms with E-state index in [0.29, 0.717) is 25.9 Å². The van der Waals surface area contributed by atoms with E-state index < -0.39 is 24.2 Å². The Balaban J connectivity index is 1.29. The van der Waals surface area contributed by atoms with Crippen LogP contribution in [0.5, 0.6) is 5.75 Å². The number of aromatic hydroxyl groups is 1. The molecule has 1 fully saturated rings. The minimum atomic E-state index is -0.932. The number of nitrogens with one attached hydrogen (secondary N) is 3. The predicted octanol–water partition coefficient (Wildman–Crippen LogP) is 1.86. The van der Waals surface area contributed by atoms with Crippen LogP contribution in [0, 0.1) is 0 Å². The Kier molecular flexibility index (Phi) is 8.31. The number of amides is 3. The van der Waals surface area contributed by atoms with Gasteiger partial charge in [-0.05, 0) is 35.2 Å². The lowest BCUT2D eigenvalue weighted by atomic mass is 10.0. The van der Waals surface area contributed by atoms with Crippen LogP contribution < -0.4 is 16.0 Å². The molecule has 4 rings (SSSR count). The third-order valence-corrected chi connectivity index (χ3v) is 5.88. The number of benzene rings is 3. The number of hydrogen-bond donors (Lipinski definition) is 4. The maximum atomic E-state index is 13.0. The van der Waals surface area contributed by atoms with Gasteiger partial charge in [0.15, 0.2) is 12.2 Å². The molecule has 0 saturated carbocycles. The minimum absolute atomic E-state index is 0.183. The van der Waals surface area contributed by atoms with Crippen LogP contribution in [0.4, 0.5) is 0 Å². The Morgan fingerprint density at radius 3 is 2.03 bits per heavy atom. The van der Waals surface area contributed by atoms with Crippen LogP contribution in [-0.4, -0.2) is 47.6 Å². The second-order valence-corrected chi connectivity index (χ2v) is 8.64. The summed E-state index contributed by atoms with van der Waals surface area (Å²) in [7, 11) is 0. The van der Waals surface area contributed by atoms with Crippen LogP contribution in [0.2, 0.25) is 0 Å². The lowest BCUT2D eigenvalue weighted by Gasteiger charge is -2.18. The molecule has 3 aromatic rings. The Bertz CT molecular complexity index is 1170. The summed E-state index contributed by atoms with van der Waals surface area (Å²) in [6, 6.07) is 24.8. The molecular weight excluding hydrogens is 458 g/mol. The molecule has 1 saturated heterocycles. The highest BCUT2D eigenvalue weighted by atomic mass is 16.6. The molecule has 0 unspecified atom stereocenters. The average Bonchev–Trinajstić information content (AvgIpc) is 3.71. The normalized spacial score (nSPS) is 17.0. The van der Waals surface area contributed by atoms with Crippen molar-refractivity contribution in [2.45, 2.75) is 37.6 Å². The van der Waals surface area contributed by atoms with E-state index in [1.807, 2.05) is 60.7 Å². The number of phenolic OH excluding ortho intramolecular Hbond substituents is 1. The average molecular weight is 488 g/mol. The van der Waals surface area contributed by atoms with Gasteiger partial charge in [-0.15, -0.1) is 0 Å². The first kappa shape index (κ1) is 24.9. The zero-order valence-electron chi connectivity index (χ0n) is 19.7. The summed E-state index contributed by atoms with van der Waals surface area (Å²) in [5.74, 6) is -1.000. The standard InChI is InChI=1S/C28H29N3O5/c32-22-13-11-19(12-14-22)15-16-29-27(34)24-25(36-24)28(35)31-23(17-20-7-3-1-4-8-20)26(33)30-18-21-9-5-2-6-10-21/h1-14,23-25,32H,15-18H2,(H,29,34)(H,30,33)(H,31,35)/t23-,24-,25+/m0/s1. The minimum Gasteiger partial charge on any atom is -0.508 e. The molecule has 0 radical (unpaired) electrons. The summed E-state index contributed by atoms with van der Waals surface area (Å²) in [4.78, 5) is 38.2. The summed E-state index contributed by atoms with van der Waals surface area (Å²) >= 11 is 0. The lowest BCUT2D eigenvalue weighted by Crippen LogP contribution is -2.49. The zero-order valence-corrected chi connectivity index (χ0v) is 19.7. The molecule has 1 heterocycles. The smallest absolute Gasteiger partial charge is 0.253 e. The Hall–Kier alpha value is -4.17. The molecule has 0 bridgehead atoms. The second-order valence-electron chi connectivity index (χ2n) is 8.64. The number of rotatable bonds is 11. The van der Waals surface area contributed by atoms with Crippen molar-refractivity contribution in [3.05, 3.63) is 102 Å². The molecule has 36 heavy (non-hydrogen) atoms. The molecule has 8 nitrogen and oxygen atoms in total. The zero-order chi connectivity index (χ0) is 25.3. The summed E-state index contributed by atoms with van der Waals surface area (Å²) in [5.41, 5.74) is 2.81. The predicted molar refractivity (Wildman–Crippen MR) is 134 cm³/mol. The van der Waals surface area contributed by atoms with Gasteiger partial charge >= 0.3 is 0 Å². The lowest BCUT2D eigenvalue weighted by molar-refractivity contribution is -0.129. The van der Waals surface area contributed by atoms with Gasteiger partial charge in [-0.1, -0.05) is 72.8 Å². The number of phenols is 1. The van der Waals surface area contributed by atoms with E-state index in [2.05, 4.69) is 16.0 Å². The molecule has 3 atom stereocenters. The second kappa shape index (κ2) is 12.0. The first-order valence-electron chi connectivity index (χ1n) is 11.9. The van der Waals surface area contributed by atoms with Gasteiger partial charge in [0.05, 0.1) is 0 Å². The quantitative estimate of drug-likeness (QED) is 0.308. The highest BCUT2D eigenvalue weighted by Crippen LogP contribution is 2.23. The Morgan fingerprint density at radius 2 is 1.36 bits per heavy atom. The van der Waals surface area contributed by atoms with Crippen molar-refractivity contribution in [3.8, 4) is 5.75 Å². The van der Waals surface area contributed by atoms with Gasteiger partial charge in [0, 0.05) is 19.5 Å². The third kappa shape index (κ3) is 7.16. The summed E-state index contributed by atoms with van der Waals surface area (Å²) < 4.78 is 5.33. The molecule has 0 spiro atoms. The van der Waals surface area contributed by atoms with Crippen LogP contribution in [0.25, 0.3) is 0 Å². The van der Waals surface area contributed by atoms with Crippen molar-refractivity contribution in [2.75, 3.05) is 6.54 Å². The molecule has 1 aliphatic rings. The van der Waals surface area contributed by atoms with E-state index in [1.165, 1.54) is 0 Å². The summed E-state index contributed by atoms with van der Waals surface area (Å²) in [6.07, 6.45) is -0.923. The van der Waals surface area contributed by atoms with Gasteiger partial charge in [-0.25, -0.2) is 0 Å². The van der Waals surface area contributed by atoms with Crippen LogP contribution in [0.15, 0.2) is 84.9 Å². The van der Waals surface area contributed by atoms with E-state index in [9.17, 15) is 19.5 Å². The highest BCUT2D eigenvalue weighted by molar-refractivity contribution is 5.97. The number of epoxide rings is 1. The van der Waals surface area contributed by atoms with E-state index in [4.69, 9.17) is 4.74 Å². The van der Waals surface area contributed by atoms with Gasteiger partial charge in [0.2, 0.25) is 5.91 Å². The van der Waals surface area contributed by atoms with Crippen LogP contribution in [-0.2, 0) is 38.5 Å². The van der Waals surface area contributed by atoms with Crippen molar-refractivity contribution in [3.63, 3.8) is 0 Å². The maximum absolute atomic E-state index is 13.0. The van der Waals surface area contributed by atoms with Crippen molar-refractivity contribution in [1.82, 2.24) is 16.0 Å². The van der Waals surface area contributed by atoms with Crippen LogP contribution >= 0.6 is 0 Å². The maximum Gasteiger partial charge on any atom is 0.253 e.